The van der Waals surface area contributed by atoms with Crippen LogP contribution in [0.5, 0.6) is 0 Å². The minimum absolute atomic E-state index is 0.410. The van der Waals surface area contributed by atoms with Crippen LogP contribution < -0.4 is 10.6 Å². The number of nitrogens with zero attached hydrogens (tertiary/aromatic N) is 4. The maximum absolute atomic E-state index is 6.25. The van der Waals surface area contributed by atoms with Gasteiger partial charge in [0.1, 0.15) is 0 Å². The van der Waals surface area contributed by atoms with Crippen molar-refractivity contribution in [2.24, 2.45) is 0 Å². The molecular formula is C22H20BrClN6S. The predicted molar refractivity (Wildman–Crippen MR) is 133 cm³/mol. The zero-order chi connectivity index (χ0) is 21.8. The summed E-state index contributed by atoms with van der Waals surface area (Å²) in [5.41, 5.74) is 3.22. The summed E-state index contributed by atoms with van der Waals surface area (Å²) >= 11 is 15.2. The molecule has 0 amide bonds. The first-order chi connectivity index (χ1) is 15.0. The molecule has 2 N–H and O–H groups in total. The minimum atomic E-state index is 0.410. The van der Waals surface area contributed by atoms with Crippen molar-refractivity contribution in [1.82, 2.24) is 19.6 Å². The van der Waals surface area contributed by atoms with Crippen molar-refractivity contribution < 1.29 is 0 Å². The van der Waals surface area contributed by atoms with E-state index in [0.29, 0.717) is 34.9 Å². The molecule has 0 saturated heterocycles. The molecule has 0 radical (unpaired) electrons. The lowest BCUT2D eigenvalue weighted by Gasteiger charge is -2.07. The highest BCUT2D eigenvalue weighted by atomic mass is 79.9. The van der Waals surface area contributed by atoms with Gasteiger partial charge in [-0.25, -0.2) is 0 Å². The molecule has 0 aliphatic heterocycles. The Labute approximate surface area is 199 Å². The van der Waals surface area contributed by atoms with E-state index in [2.05, 4.69) is 48.9 Å². The minimum Gasteiger partial charge on any atom is -0.316 e. The van der Waals surface area contributed by atoms with Crippen LogP contribution in [0.3, 0.4) is 0 Å². The molecule has 0 unspecified atom stereocenters. The van der Waals surface area contributed by atoms with Crippen molar-refractivity contribution in [3.63, 3.8) is 0 Å². The van der Waals surface area contributed by atoms with Gasteiger partial charge in [-0.05, 0) is 52.3 Å². The highest BCUT2D eigenvalue weighted by molar-refractivity contribution is 9.10. The van der Waals surface area contributed by atoms with Gasteiger partial charge in [-0.3, -0.25) is 9.36 Å². The quantitative estimate of drug-likeness (QED) is 0.322. The lowest BCUT2D eigenvalue weighted by atomic mass is 10.2. The lowest BCUT2D eigenvalue weighted by Crippen LogP contribution is -2.20. The van der Waals surface area contributed by atoms with Crippen LogP contribution in [-0.4, -0.2) is 24.7 Å². The summed E-state index contributed by atoms with van der Waals surface area (Å²) < 4.78 is 4.54. The van der Waals surface area contributed by atoms with Gasteiger partial charge in [0.25, 0.3) is 0 Å². The summed E-state index contributed by atoms with van der Waals surface area (Å²) in [7, 11) is 0. The highest BCUT2D eigenvalue weighted by Gasteiger charge is 2.12. The second-order valence-corrected chi connectivity index (χ2v) is 8.68. The van der Waals surface area contributed by atoms with Crippen LogP contribution in [0, 0.1) is 6.92 Å². The molecule has 158 valence electrons. The monoisotopic (exact) mass is 514 g/mol. The fourth-order valence-corrected chi connectivity index (χ4v) is 3.92. The van der Waals surface area contributed by atoms with Gasteiger partial charge in [-0.15, -0.1) is 0 Å². The lowest BCUT2D eigenvalue weighted by molar-refractivity contribution is 0.668. The molecule has 9 heteroatoms. The van der Waals surface area contributed by atoms with E-state index in [4.69, 9.17) is 23.8 Å². The van der Waals surface area contributed by atoms with Crippen molar-refractivity contribution in [2.45, 2.75) is 20.0 Å². The van der Waals surface area contributed by atoms with Crippen molar-refractivity contribution >= 4 is 56.5 Å². The largest absolute Gasteiger partial charge is 0.316 e. The molecule has 0 aliphatic rings. The maximum atomic E-state index is 6.25. The topological polar surface area (TPSA) is 59.7 Å². The van der Waals surface area contributed by atoms with Crippen LogP contribution in [0.1, 0.15) is 16.8 Å². The summed E-state index contributed by atoms with van der Waals surface area (Å²) in [6.45, 7) is 3.28. The average molecular weight is 516 g/mol. The summed E-state index contributed by atoms with van der Waals surface area (Å²) in [4.78, 5) is 0. The fraction of sp³-hybridized carbons (Fsp3) is 0.136. The molecular weight excluding hydrogens is 496 g/mol. The van der Waals surface area contributed by atoms with E-state index in [-0.39, 0.29) is 0 Å². The number of hydrogen-bond donors (Lipinski definition) is 2. The third kappa shape index (κ3) is 5.52. The van der Waals surface area contributed by atoms with Gasteiger partial charge in [0, 0.05) is 23.0 Å². The van der Waals surface area contributed by atoms with E-state index in [1.54, 1.807) is 4.68 Å². The Morgan fingerprint density at radius 1 is 1.03 bits per heavy atom. The SMILES string of the molecule is Cc1cc(NC(=S)Nc2nn(Cc3ccccc3Cl)cc2Br)nn1Cc1ccccc1. The van der Waals surface area contributed by atoms with Crippen LogP contribution >= 0.6 is 39.7 Å². The number of halogens is 2. The molecule has 0 spiro atoms. The summed E-state index contributed by atoms with van der Waals surface area (Å²) in [5.74, 6) is 1.29. The zero-order valence-corrected chi connectivity index (χ0v) is 19.9. The molecule has 6 nitrogen and oxygen atoms in total. The normalized spacial score (nSPS) is 10.8. The number of nitrogens with one attached hydrogen (secondary N) is 2. The molecule has 0 saturated carbocycles. The number of thiocarbonyl (C=S) groups is 1. The maximum Gasteiger partial charge on any atom is 0.177 e. The van der Waals surface area contributed by atoms with Gasteiger partial charge in [-0.1, -0.05) is 60.1 Å². The van der Waals surface area contributed by atoms with Gasteiger partial charge in [0.15, 0.2) is 16.7 Å². The standard InChI is InChI=1S/C22H20BrClN6S/c1-15-11-20(27-30(15)12-16-7-3-2-4-8-16)25-22(31)26-21-18(23)14-29(28-21)13-17-9-5-6-10-19(17)24/h2-11,14H,12-13H2,1H3,(H2,25,26,27,28,31). The second kappa shape index (κ2) is 9.64. The van der Waals surface area contributed by atoms with Crippen LogP contribution in [0.4, 0.5) is 11.6 Å². The Kier molecular flexibility index (Phi) is 6.70. The Morgan fingerprint density at radius 2 is 1.77 bits per heavy atom. The first-order valence-corrected chi connectivity index (χ1v) is 11.2. The highest BCUT2D eigenvalue weighted by Crippen LogP contribution is 2.23. The van der Waals surface area contributed by atoms with Crippen molar-refractivity contribution in [3.8, 4) is 0 Å². The summed E-state index contributed by atoms with van der Waals surface area (Å²) in [5, 5.41) is 16.5. The van der Waals surface area contributed by atoms with Crippen LogP contribution in [-0.2, 0) is 13.1 Å². The van der Waals surface area contributed by atoms with E-state index in [9.17, 15) is 0 Å². The number of anilines is 2. The number of rotatable bonds is 6. The molecule has 0 aliphatic carbocycles. The first kappa shape index (κ1) is 21.5. The van der Waals surface area contributed by atoms with Gasteiger partial charge in [-0.2, -0.15) is 10.2 Å². The van der Waals surface area contributed by atoms with Gasteiger partial charge in [0.05, 0.1) is 17.6 Å². The molecule has 2 heterocycles. The molecule has 4 aromatic rings. The van der Waals surface area contributed by atoms with E-state index in [1.807, 2.05) is 66.3 Å². The van der Waals surface area contributed by atoms with Crippen molar-refractivity contribution in [3.05, 3.63) is 93.2 Å². The molecule has 2 aromatic heterocycles. The summed E-state index contributed by atoms with van der Waals surface area (Å²) in [6.07, 6.45) is 1.88. The molecule has 0 fully saturated rings. The predicted octanol–water partition coefficient (Wildman–Crippen LogP) is 5.71. The van der Waals surface area contributed by atoms with E-state index in [0.717, 1.165) is 15.7 Å². The number of aryl methyl sites for hydroxylation is 1. The Bertz CT molecular complexity index is 1200. The first-order valence-electron chi connectivity index (χ1n) is 9.60. The average Bonchev–Trinajstić information content (AvgIpc) is 3.25. The summed E-state index contributed by atoms with van der Waals surface area (Å²) in [6, 6.07) is 19.9. The Morgan fingerprint density at radius 3 is 2.55 bits per heavy atom. The van der Waals surface area contributed by atoms with Crippen LogP contribution in [0.2, 0.25) is 5.02 Å². The number of aromatic nitrogens is 4. The molecule has 4 rings (SSSR count). The third-order valence-corrected chi connectivity index (χ3v) is 5.79. The third-order valence-electron chi connectivity index (χ3n) is 4.64. The molecule has 2 aromatic carbocycles. The van der Waals surface area contributed by atoms with E-state index >= 15 is 0 Å². The zero-order valence-electron chi connectivity index (χ0n) is 16.7. The molecule has 0 bridgehead atoms. The van der Waals surface area contributed by atoms with E-state index in [1.165, 1.54) is 5.56 Å². The van der Waals surface area contributed by atoms with Gasteiger partial charge >= 0.3 is 0 Å². The van der Waals surface area contributed by atoms with Gasteiger partial charge in [0.2, 0.25) is 0 Å². The Hall–Kier alpha value is -2.68. The molecule has 0 atom stereocenters. The number of hydrogen-bond acceptors (Lipinski definition) is 3. The van der Waals surface area contributed by atoms with Crippen molar-refractivity contribution in [1.29, 1.82) is 0 Å². The molecule has 31 heavy (non-hydrogen) atoms. The van der Waals surface area contributed by atoms with Crippen molar-refractivity contribution in [2.75, 3.05) is 10.6 Å². The Balaban J connectivity index is 1.40. The van der Waals surface area contributed by atoms with Crippen LogP contribution in [0.15, 0.2) is 71.3 Å². The second-order valence-electron chi connectivity index (χ2n) is 7.01. The van der Waals surface area contributed by atoms with E-state index < -0.39 is 0 Å². The fourth-order valence-electron chi connectivity index (χ4n) is 3.11. The smallest absolute Gasteiger partial charge is 0.177 e. The van der Waals surface area contributed by atoms with Crippen LogP contribution in [0.25, 0.3) is 0 Å². The van der Waals surface area contributed by atoms with Gasteiger partial charge < -0.3 is 10.6 Å². The number of benzene rings is 2.